The standard InChI is InChI=1S/C28H26F3N3O2/c1-27(2,24-8-5-9-25(33-24)28(29,30)31)16-20-15-23(19-7-4-6-18(14-19)17-32)34(26(20)35)21-10-12-22(36-3)13-11-21/h4-14,20,23H,15-16H2,1-3H3/t20-,23+/m0/s1. The van der Waals surface area contributed by atoms with E-state index in [1.807, 2.05) is 19.9 Å². The van der Waals surface area contributed by atoms with Gasteiger partial charge in [0.25, 0.3) is 0 Å². The Kier molecular flexibility index (Phi) is 6.77. The van der Waals surface area contributed by atoms with Crippen molar-refractivity contribution < 1.29 is 22.7 Å². The summed E-state index contributed by atoms with van der Waals surface area (Å²) in [5.41, 5.74) is 0.567. The van der Waals surface area contributed by atoms with Crippen LogP contribution in [-0.2, 0) is 16.4 Å². The number of nitrogens with zero attached hydrogens (tertiary/aromatic N) is 3. The fraction of sp³-hybridized carbons (Fsp3) is 0.321. The van der Waals surface area contributed by atoms with E-state index < -0.39 is 23.2 Å². The zero-order valence-electron chi connectivity index (χ0n) is 20.2. The van der Waals surface area contributed by atoms with E-state index in [1.54, 1.807) is 60.5 Å². The Morgan fingerprint density at radius 3 is 2.36 bits per heavy atom. The van der Waals surface area contributed by atoms with Crippen molar-refractivity contribution in [2.24, 2.45) is 5.92 Å². The van der Waals surface area contributed by atoms with Gasteiger partial charge >= 0.3 is 6.18 Å². The molecule has 1 aliphatic heterocycles. The number of carbonyl (C=O) groups is 1. The van der Waals surface area contributed by atoms with Gasteiger partial charge in [0, 0.05) is 22.7 Å². The first-order valence-corrected chi connectivity index (χ1v) is 11.6. The van der Waals surface area contributed by atoms with Crippen LogP contribution in [0.2, 0.25) is 0 Å². The Morgan fingerprint density at radius 1 is 1.06 bits per heavy atom. The molecule has 36 heavy (non-hydrogen) atoms. The number of ether oxygens (including phenoxy) is 1. The monoisotopic (exact) mass is 493 g/mol. The molecule has 1 fully saturated rings. The molecule has 1 saturated heterocycles. The fourth-order valence-electron chi connectivity index (χ4n) is 4.84. The van der Waals surface area contributed by atoms with Crippen LogP contribution < -0.4 is 9.64 Å². The molecular formula is C28H26F3N3O2. The molecule has 1 amide bonds. The molecule has 0 radical (unpaired) electrons. The van der Waals surface area contributed by atoms with Crippen LogP contribution in [-0.4, -0.2) is 18.0 Å². The zero-order chi connectivity index (χ0) is 26.1. The molecule has 0 saturated carbocycles. The summed E-state index contributed by atoms with van der Waals surface area (Å²) < 4.78 is 45.0. The molecule has 1 aliphatic rings. The number of hydrogen-bond donors (Lipinski definition) is 0. The highest BCUT2D eigenvalue weighted by molar-refractivity contribution is 5.98. The van der Waals surface area contributed by atoms with E-state index in [1.165, 1.54) is 6.07 Å². The third-order valence-corrected chi connectivity index (χ3v) is 6.65. The van der Waals surface area contributed by atoms with E-state index >= 15 is 0 Å². The first-order chi connectivity index (χ1) is 17.0. The molecule has 1 aromatic heterocycles. The second-order valence-electron chi connectivity index (χ2n) is 9.59. The lowest BCUT2D eigenvalue weighted by atomic mass is 9.78. The molecule has 186 valence electrons. The molecule has 4 rings (SSSR count). The Morgan fingerprint density at radius 2 is 1.72 bits per heavy atom. The number of alkyl halides is 3. The van der Waals surface area contributed by atoms with E-state index in [2.05, 4.69) is 11.1 Å². The normalized spacial score (nSPS) is 18.2. The van der Waals surface area contributed by atoms with Crippen molar-refractivity contribution in [3.8, 4) is 11.8 Å². The first-order valence-electron chi connectivity index (χ1n) is 11.6. The van der Waals surface area contributed by atoms with Gasteiger partial charge in [0.1, 0.15) is 11.4 Å². The minimum Gasteiger partial charge on any atom is -0.497 e. The Balaban J connectivity index is 1.69. The molecule has 0 aliphatic carbocycles. The summed E-state index contributed by atoms with van der Waals surface area (Å²) in [4.78, 5) is 19.4. The average Bonchev–Trinajstić information content (AvgIpc) is 3.18. The summed E-state index contributed by atoms with van der Waals surface area (Å²) in [6, 6.07) is 20.0. The highest BCUT2D eigenvalue weighted by Gasteiger charge is 2.44. The van der Waals surface area contributed by atoms with Crippen molar-refractivity contribution in [1.82, 2.24) is 4.98 Å². The fourth-order valence-corrected chi connectivity index (χ4v) is 4.84. The van der Waals surface area contributed by atoms with Crippen LogP contribution in [0.3, 0.4) is 0 Å². The largest absolute Gasteiger partial charge is 0.497 e. The molecule has 2 aromatic carbocycles. The number of benzene rings is 2. The van der Waals surface area contributed by atoms with Crippen molar-refractivity contribution >= 4 is 11.6 Å². The lowest BCUT2D eigenvalue weighted by Gasteiger charge is -2.28. The number of amides is 1. The Hall–Kier alpha value is -3.86. The lowest BCUT2D eigenvalue weighted by molar-refractivity contribution is -0.141. The van der Waals surface area contributed by atoms with Crippen LogP contribution in [0.5, 0.6) is 5.75 Å². The second kappa shape index (κ2) is 9.65. The van der Waals surface area contributed by atoms with Gasteiger partial charge in [-0.25, -0.2) is 4.98 Å². The van der Waals surface area contributed by atoms with E-state index in [0.29, 0.717) is 29.8 Å². The van der Waals surface area contributed by atoms with Gasteiger partial charge in [-0.15, -0.1) is 0 Å². The summed E-state index contributed by atoms with van der Waals surface area (Å²) in [5, 5.41) is 9.38. The average molecular weight is 494 g/mol. The van der Waals surface area contributed by atoms with Gasteiger partial charge in [0.05, 0.1) is 24.8 Å². The minimum atomic E-state index is -4.54. The maximum Gasteiger partial charge on any atom is 0.433 e. The van der Waals surface area contributed by atoms with Gasteiger partial charge in [-0.05, 0) is 66.9 Å². The van der Waals surface area contributed by atoms with Crippen LogP contribution in [0.1, 0.15) is 55.2 Å². The number of hydrogen-bond acceptors (Lipinski definition) is 4. The van der Waals surface area contributed by atoms with E-state index in [-0.39, 0.29) is 17.6 Å². The van der Waals surface area contributed by atoms with Crippen molar-refractivity contribution in [2.75, 3.05) is 12.0 Å². The number of anilines is 1. The predicted octanol–water partition coefficient (Wildman–Crippen LogP) is 6.44. The van der Waals surface area contributed by atoms with Crippen LogP contribution in [0, 0.1) is 17.2 Å². The molecular weight excluding hydrogens is 467 g/mol. The molecule has 5 nitrogen and oxygen atoms in total. The third kappa shape index (κ3) is 5.06. The van der Waals surface area contributed by atoms with E-state index in [4.69, 9.17) is 4.74 Å². The van der Waals surface area contributed by atoms with Crippen molar-refractivity contribution in [3.63, 3.8) is 0 Å². The maximum atomic E-state index is 13.8. The minimum absolute atomic E-state index is 0.118. The summed E-state index contributed by atoms with van der Waals surface area (Å²) in [6.07, 6.45) is -3.76. The van der Waals surface area contributed by atoms with E-state index in [9.17, 15) is 23.2 Å². The molecule has 3 aromatic rings. The number of rotatable bonds is 6. The molecule has 0 N–H and O–H groups in total. The topological polar surface area (TPSA) is 66.2 Å². The van der Waals surface area contributed by atoms with Gasteiger partial charge in [-0.2, -0.15) is 18.4 Å². The summed E-state index contributed by atoms with van der Waals surface area (Å²) in [7, 11) is 1.56. The summed E-state index contributed by atoms with van der Waals surface area (Å²) in [5.74, 6) is 0.0866. The van der Waals surface area contributed by atoms with Crippen molar-refractivity contribution in [3.05, 3.63) is 89.2 Å². The first kappa shape index (κ1) is 25.2. The van der Waals surface area contributed by atoms with Gasteiger partial charge < -0.3 is 9.64 Å². The Bertz CT molecular complexity index is 1300. The van der Waals surface area contributed by atoms with Crippen LogP contribution in [0.15, 0.2) is 66.7 Å². The zero-order valence-corrected chi connectivity index (χ0v) is 20.2. The quantitative estimate of drug-likeness (QED) is 0.396. The smallest absolute Gasteiger partial charge is 0.433 e. The van der Waals surface area contributed by atoms with Crippen molar-refractivity contribution in [2.45, 2.75) is 44.3 Å². The lowest BCUT2D eigenvalue weighted by Crippen LogP contribution is -2.32. The molecule has 8 heteroatoms. The molecule has 0 bridgehead atoms. The number of methoxy groups -OCH3 is 1. The van der Waals surface area contributed by atoms with Crippen LogP contribution in [0.4, 0.5) is 18.9 Å². The van der Waals surface area contributed by atoms with Gasteiger partial charge in [0.15, 0.2) is 0 Å². The Labute approximate surface area is 208 Å². The van der Waals surface area contributed by atoms with Crippen LogP contribution >= 0.6 is 0 Å². The van der Waals surface area contributed by atoms with Gasteiger partial charge in [0.2, 0.25) is 5.91 Å². The SMILES string of the molecule is COc1ccc(N2C(=O)[C@H](CC(C)(C)c3cccc(C(F)(F)F)n3)C[C@@H]2c2cccc(C#N)c2)cc1. The molecule has 2 atom stereocenters. The third-order valence-electron chi connectivity index (χ3n) is 6.65. The summed E-state index contributed by atoms with van der Waals surface area (Å²) >= 11 is 0. The maximum absolute atomic E-state index is 13.8. The van der Waals surface area contributed by atoms with Crippen molar-refractivity contribution in [1.29, 1.82) is 5.26 Å². The number of pyridine rings is 1. The summed E-state index contributed by atoms with van der Waals surface area (Å²) in [6.45, 7) is 3.62. The van der Waals surface area contributed by atoms with Gasteiger partial charge in [-0.1, -0.05) is 32.0 Å². The van der Waals surface area contributed by atoms with E-state index in [0.717, 1.165) is 11.6 Å². The molecule has 2 heterocycles. The number of nitriles is 1. The number of carbonyl (C=O) groups excluding carboxylic acids is 1. The number of aromatic nitrogens is 1. The highest BCUT2D eigenvalue weighted by Crippen LogP contribution is 2.45. The number of halogens is 3. The predicted molar refractivity (Wildman–Crippen MR) is 129 cm³/mol. The molecule has 0 spiro atoms. The van der Waals surface area contributed by atoms with Crippen LogP contribution in [0.25, 0.3) is 0 Å². The van der Waals surface area contributed by atoms with Gasteiger partial charge in [-0.3, -0.25) is 4.79 Å². The molecule has 0 unspecified atom stereocenters. The second-order valence-corrected chi connectivity index (χ2v) is 9.59. The highest BCUT2D eigenvalue weighted by atomic mass is 19.4.